The summed E-state index contributed by atoms with van der Waals surface area (Å²) in [5.74, 6) is -1.32. The number of hydrogen-bond acceptors (Lipinski definition) is 3. The first-order chi connectivity index (χ1) is 8.24. The fraction of sp³-hybridized carbons (Fsp3) is 0.909. The summed E-state index contributed by atoms with van der Waals surface area (Å²) < 4.78 is 28.0. The van der Waals surface area contributed by atoms with Gasteiger partial charge in [-0.25, -0.2) is 0 Å². The lowest BCUT2D eigenvalue weighted by Crippen LogP contribution is -2.50. The number of carboxylic acid groups (broad SMARTS) is 1. The van der Waals surface area contributed by atoms with E-state index in [1.54, 1.807) is 6.92 Å². The topological polar surface area (TPSA) is 86.7 Å². The van der Waals surface area contributed by atoms with E-state index in [1.165, 1.54) is 4.31 Å². The largest absolute Gasteiger partial charge is 0.481 e. The van der Waals surface area contributed by atoms with Crippen LogP contribution in [0.3, 0.4) is 0 Å². The van der Waals surface area contributed by atoms with Gasteiger partial charge in [0.1, 0.15) is 0 Å². The zero-order valence-corrected chi connectivity index (χ0v) is 11.9. The van der Waals surface area contributed by atoms with Gasteiger partial charge in [-0.1, -0.05) is 13.8 Å². The Bertz CT molecular complexity index is 394. The highest BCUT2D eigenvalue weighted by molar-refractivity contribution is 7.87. The van der Waals surface area contributed by atoms with Gasteiger partial charge in [0, 0.05) is 19.1 Å². The molecule has 1 heterocycles. The Labute approximate surface area is 109 Å². The van der Waals surface area contributed by atoms with Crippen molar-refractivity contribution in [2.24, 2.45) is 11.8 Å². The molecule has 0 radical (unpaired) electrons. The lowest BCUT2D eigenvalue weighted by Gasteiger charge is -2.31. The molecule has 2 atom stereocenters. The Morgan fingerprint density at radius 1 is 1.39 bits per heavy atom. The molecule has 0 aliphatic carbocycles. The lowest BCUT2D eigenvalue weighted by molar-refractivity contribution is -0.142. The van der Waals surface area contributed by atoms with Crippen LogP contribution in [0, 0.1) is 11.8 Å². The van der Waals surface area contributed by atoms with Crippen LogP contribution in [0.25, 0.3) is 0 Å². The molecule has 7 heteroatoms. The second-order valence-electron chi connectivity index (χ2n) is 5.19. The molecule has 18 heavy (non-hydrogen) atoms. The van der Waals surface area contributed by atoms with E-state index in [-0.39, 0.29) is 18.5 Å². The molecular weight excluding hydrogens is 256 g/mol. The summed E-state index contributed by atoms with van der Waals surface area (Å²) >= 11 is 0. The minimum absolute atomic E-state index is 0.0650. The number of hydrogen-bond donors (Lipinski definition) is 2. The Hall–Kier alpha value is -0.660. The van der Waals surface area contributed by atoms with Gasteiger partial charge in [-0.05, 0) is 25.7 Å². The molecule has 0 aromatic carbocycles. The van der Waals surface area contributed by atoms with E-state index >= 15 is 0 Å². The van der Waals surface area contributed by atoms with Crippen molar-refractivity contribution < 1.29 is 18.3 Å². The standard InChI is InChI=1S/C11H22N2O4S/c1-8(2)9(3)12-18(16,17)13-6-4-5-10(7-13)11(14)15/h8-10,12H,4-7H2,1-3H3,(H,14,15). The third-order valence-electron chi connectivity index (χ3n) is 3.41. The van der Waals surface area contributed by atoms with Crippen molar-refractivity contribution in [3.63, 3.8) is 0 Å². The quantitative estimate of drug-likeness (QED) is 0.773. The van der Waals surface area contributed by atoms with Crippen molar-refractivity contribution in [3.05, 3.63) is 0 Å². The molecule has 2 unspecified atom stereocenters. The van der Waals surface area contributed by atoms with Crippen LogP contribution in [0.1, 0.15) is 33.6 Å². The number of piperidine rings is 1. The van der Waals surface area contributed by atoms with Gasteiger partial charge in [-0.3, -0.25) is 4.79 Å². The molecule has 106 valence electrons. The summed E-state index contributed by atoms with van der Waals surface area (Å²) in [5.41, 5.74) is 0. The SMILES string of the molecule is CC(C)C(C)NS(=O)(=O)N1CCCC(C(=O)O)C1. The molecule has 1 rings (SSSR count). The first-order valence-corrected chi connectivity index (χ1v) is 7.68. The average molecular weight is 278 g/mol. The molecule has 1 aliphatic heterocycles. The zero-order chi connectivity index (χ0) is 13.9. The van der Waals surface area contributed by atoms with Crippen LogP contribution in [-0.2, 0) is 15.0 Å². The molecule has 6 nitrogen and oxygen atoms in total. The number of carbonyl (C=O) groups is 1. The van der Waals surface area contributed by atoms with Crippen LogP contribution in [-0.4, -0.2) is 42.9 Å². The summed E-state index contributed by atoms with van der Waals surface area (Å²) in [6, 6.07) is -0.166. The van der Waals surface area contributed by atoms with Crippen LogP contribution < -0.4 is 4.72 Å². The zero-order valence-electron chi connectivity index (χ0n) is 11.1. The molecule has 0 saturated carbocycles. The Balaban J connectivity index is 2.70. The number of nitrogens with zero attached hydrogens (tertiary/aromatic N) is 1. The predicted molar refractivity (Wildman–Crippen MR) is 68.3 cm³/mol. The molecule has 1 aliphatic rings. The Kier molecular flexibility index (Phi) is 5.12. The van der Waals surface area contributed by atoms with E-state index in [1.807, 2.05) is 13.8 Å². The molecule has 0 aromatic rings. The van der Waals surface area contributed by atoms with Gasteiger partial charge >= 0.3 is 5.97 Å². The molecule has 1 saturated heterocycles. The highest BCUT2D eigenvalue weighted by Gasteiger charge is 2.33. The summed E-state index contributed by atoms with van der Waals surface area (Å²) in [5, 5.41) is 8.95. The second kappa shape index (κ2) is 5.99. The van der Waals surface area contributed by atoms with E-state index in [2.05, 4.69) is 4.72 Å². The predicted octanol–water partition coefficient (Wildman–Crippen LogP) is 0.662. The van der Waals surface area contributed by atoms with Crippen molar-refractivity contribution in [1.29, 1.82) is 0 Å². The van der Waals surface area contributed by atoms with Crippen molar-refractivity contribution in [3.8, 4) is 0 Å². The second-order valence-corrected chi connectivity index (χ2v) is 6.89. The van der Waals surface area contributed by atoms with E-state index in [0.717, 1.165) is 0 Å². The van der Waals surface area contributed by atoms with E-state index in [0.29, 0.717) is 19.4 Å². The van der Waals surface area contributed by atoms with E-state index in [9.17, 15) is 13.2 Å². The minimum atomic E-state index is -3.57. The minimum Gasteiger partial charge on any atom is -0.481 e. The van der Waals surface area contributed by atoms with Crippen molar-refractivity contribution in [2.75, 3.05) is 13.1 Å². The molecular formula is C11H22N2O4S. The number of rotatable bonds is 5. The van der Waals surface area contributed by atoms with Gasteiger partial charge in [-0.15, -0.1) is 0 Å². The van der Waals surface area contributed by atoms with Crippen LogP contribution >= 0.6 is 0 Å². The molecule has 2 N–H and O–H groups in total. The maximum absolute atomic E-state index is 12.1. The van der Waals surface area contributed by atoms with E-state index < -0.39 is 22.1 Å². The molecule has 0 spiro atoms. The highest BCUT2D eigenvalue weighted by atomic mass is 32.2. The molecule has 0 aromatic heterocycles. The Morgan fingerprint density at radius 3 is 2.50 bits per heavy atom. The van der Waals surface area contributed by atoms with Gasteiger partial charge in [0.25, 0.3) is 10.2 Å². The summed E-state index contributed by atoms with van der Waals surface area (Å²) in [7, 11) is -3.57. The summed E-state index contributed by atoms with van der Waals surface area (Å²) in [6.45, 7) is 6.13. The fourth-order valence-electron chi connectivity index (χ4n) is 1.81. The first kappa shape index (κ1) is 15.4. The highest BCUT2D eigenvalue weighted by Crippen LogP contribution is 2.19. The third-order valence-corrected chi connectivity index (χ3v) is 5.09. The number of aliphatic carboxylic acids is 1. The maximum atomic E-state index is 12.1. The fourth-order valence-corrected chi connectivity index (χ4v) is 3.44. The Morgan fingerprint density at radius 2 is 2.00 bits per heavy atom. The number of nitrogens with one attached hydrogen (secondary N) is 1. The van der Waals surface area contributed by atoms with Crippen molar-refractivity contribution >= 4 is 16.2 Å². The normalized spacial score (nSPS) is 24.1. The van der Waals surface area contributed by atoms with Gasteiger partial charge in [0.15, 0.2) is 0 Å². The third kappa shape index (κ3) is 3.93. The summed E-state index contributed by atoms with van der Waals surface area (Å²) in [6.07, 6.45) is 1.13. The maximum Gasteiger partial charge on any atom is 0.307 e. The van der Waals surface area contributed by atoms with Gasteiger partial charge in [-0.2, -0.15) is 17.4 Å². The lowest BCUT2D eigenvalue weighted by atomic mass is 10.0. The van der Waals surface area contributed by atoms with Crippen molar-refractivity contribution in [2.45, 2.75) is 39.7 Å². The van der Waals surface area contributed by atoms with E-state index in [4.69, 9.17) is 5.11 Å². The molecule has 0 amide bonds. The van der Waals surface area contributed by atoms with Crippen LogP contribution in [0.4, 0.5) is 0 Å². The first-order valence-electron chi connectivity index (χ1n) is 6.24. The smallest absolute Gasteiger partial charge is 0.307 e. The number of carboxylic acids is 1. The monoisotopic (exact) mass is 278 g/mol. The molecule has 1 fully saturated rings. The van der Waals surface area contributed by atoms with Gasteiger partial charge < -0.3 is 5.11 Å². The average Bonchev–Trinajstić information content (AvgIpc) is 2.28. The van der Waals surface area contributed by atoms with Crippen LogP contribution in [0.15, 0.2) is 0 Å². The van der Waals surface area contributed by atoms with Crippen molar-refractivity contribution in [1.82, 2.24) is 9.03 Å². The van der Waals surface area contributed by atoms with Gasteiger partial charge in [0.05, 0.1) is 5.92 Å². The molecule has 0 bridgehead atoms. The summed E-state index contributed by atoms with van der Waals surface area (Å²) in [4.78, 5) is 10.9. The van der Waals surface area contributed by atoms with Crippen LogP contribution in [0.2, 0.25) is 0 Å². The van der Waals surface area contributed by atoms with Crippen LogP contribution in [0.5, 0.6) is 0 Å². The van der Waals surface area contributed by atoms with Gasteiger partial charge in [0.2, 0.25) is 0 Å².